The number of hydrogen-bond donors (Lipinski definition) is 1. The SMILES string of the molecule is CCOCCCC(CNCCOC)c1ccc(F)cc1. The van der Waals surface area contributed by atoms with Gasteiger partial charge in [0.1, 0.15) is 5.82 Å². The number of benzene rings is 1. The Morgan fingerprint density at radius 2 is 1.95 bits per heavy atom. The smallest absolute Gasteiger partial charge is 0.123 e. The van der Waals surface area contributed by atoms with Crippen molar-refractivity contribution < 1.29 is 13.9 Å². The van der Waals surface area contributed by atoms with Gasteiger partial charge in [0, 0.05) is 33.4 Å². The Morgan fingerprint density at radius 3 is 2.60 bits per heavy atom. The summed E-state index contributed by atoms with van der Waals surface area (Å²) in [6, 6.07) is 6.80. The minimum atomic E-state index is -0.186. The minimum Gasteiger partial charge on any atom is -0.383 e. The van der Waals surface area contributed by atoms with E-state index in [1.165, 1.54) is 17.7 Å². The summed E-state index contributed by atoms with van der Waals surface area (Å²) in [5, 5.41) is 3.38. The fourth-order valence-electron chi connectivity index (χ4n) is 2.15. The maximum atomic E-state index is 13.0. The highest BCUT2D eigenvalue weighted by Gasteiger charge is 2.11. The summed E-state index contributed by atoms with van der Waals surface area (Å²) in [5.74, 6) is 0.196. The van der Waals surface area contributed by atoms with Crippen LogP contribution in [-0.2, 0) is 9.47 Å². The zero-order valence-electron chi connectivity index (χ0n) is 12.5. The molecule has 0 fully saturated rings. The van der Waals surface area contributed by atoms with Crippen LogP contribution in [-0.4, -0.2) is 40.0 Å². The Hall–Kier alpha value is -0.970. The van der Waals surface area contributed by atoms with E-state index >= 15 is 0 Å². The summed E-state index contributed by atoms with van der Waals surface area (Å²) in [5.41, 5.74) is 1.17. The van der Waals surface area contributed by atoms with Crippen molar-refractivity contribution in [2.45, 2.75) is 25.7 Å². The second kappa shape index (κ2) is 10.8. The molecular formula is C16H26FNO2. The van der Waals surface area contributed by atoms with Gasteiger partial charge in [0.15, 0.2) is 0 Å². The first kappa shape index (κ1) is 17.1. The van der Waals surface area contributed by atoms with Crippen LogP contribution in [0.3, 0.4) is 0 Å². The van der Waals surface area contributed by atoms with Crippen molar-refractivity contribution >= 4 is 0 Å². The number of halogens is 1. The fourth-order valence-corrected chi connectivity index (χ4v) is 2.15. The molecule has 1 aromatic carbocycles. The van der Waals surface area contributed by atoms with Crippen LogP contribution in [0.5, 0.6) is 0 Å². The van der Waals surface area contributed by atoms with E-state index in [0.29, 0.717) is 12.5 Å². The molecule has 0 heterocycles. The van der Waals surface area contributed by atoms with Gasteiger partial charge >= 0.3 is 0 Å². The van der Waals surface area contributed by atoms with E-state index in [1.807, 2.05) is 19.1 Å². The Labute approximate surface area is 121 Å². The molecule has 114 valence electrons. The molecule has 0 saturated carbocycles. The number of methoxy groups -OCH3 is 1. The first-order chi connectivity index (χ1) is 9.77. The van der Waals surface area contributed by atoms with Crippen LogP contribution >= 0.6 is 0 Å². The summed E-state index contributed by atoms with van der Waals surface area (Å²) in [6.45, 7) is 5.96. The number of nitrogens with one attached hydrogen (secondary N) is 1. The standard InChI is InChI=1S/C16H26FNO2/c1-3-20-11-4-5-15(13-18-10-12-19-2)14-6-8-16(17)9-7-14/h6-9,15,18H,3-5,10-13H2,1-2H3. The molecule has 20 heavy (non-hydrogen) atoms. The number of ether oxygens (including phenoxy) is 2. The summed E-state index contributed by atoms with van der Waals surface area (Å²) in [4.78, 5) is 0. The molecule has 0 aromatic heterocycles. The molecule has 1 aromatic rings. The van der Waals surface area contributed by atoms with Crippen LogP contribution in [0.25, 0.3) is 0 Å². The summed E-state index contributed by atoms with van der Waals surface area (Å²) in [6.07, 6.45) is 2.05. The van der Waals surface area contributed by atoms with Crippen molar-refractivity contribution in [3.8, 4) is 0 Å². The van der Waals surface area contributed by atoms with Crippen LogP contribution in [0.4, 0.5) is 4.39 Å². The van der Waals surface area contributed by atoms with Crippen molar-refractivity contribution in [3.63, 3.8) is 0 Å². The van der Waals surface area contributed by atoms with Crippen molar-refractivity contribution in [2.24, 2.45) is 0 Å². The topological polar surface area (TPSA) is 30.5 Å². The van der Waals surface area contributed by atoms with Gasteiger partial charge in [0.05, 0.1) is 6.61 Å². The van der Waals surface area contributed by atoms with Gasteiger partial charge in [-0.1, -0.05) is 12.1 Å². The lowest BCUT2D eigenvalue weighted by molar-refractivity contribution is 0.141. The largest absolute Gasteiger partial charge is 0.383 e. The number of hydrogen-bond acceptors (Lipinski definition) is 3. The molecule has 1 atom stereocenters. The highest BCUT2D eigenvalue weighted by Crippen LogP contribution is 2.21. The summed E-state index contributed by atoms with van der Waals surface area (Å²) >= 11 is 0. The second-order valence-electron chi connectivity index (χ2n) is 4.78. The van der Waals surface area contributed by atoms with Gasteiger partial charge < -0.3 is 14.8 Å². The predicted octanol–water partition coefficient (Wildman–Crippen LogP) is 2.96. The normalized spacial score (nSPS) is 12.6. The van der Waals surface area contributed by atoms with Gasteiger partial charge in [0.25, 0.3) is 0 Å². The lowest BCUT2D eigenvalue weighted by atomic mass is 9.94. The second-order valence-corrected chi connectivity index (χ2v) is 4.78. The predicted molar refractivity (Wildman–Crippen MR) is 79.6 cm³/mol. The molecule has 4 heteroatoms. The molecule has 3 nitrogen and oxygen atoms in total. The third kappa shape index (κ3) is 6.98. The van der Waals surface area contributed by atoms with Crippen molar-refractivity contribution in [1.29, 1.82) is 0 Å². The lowest BCUT2D eigenvalue weighted by Gasteiger charge is -2.18. The first-order valence-electron chi connectivity index (χ1n) is 7.30. The maximum Gasteiger partial charge on any atom is 0.123 e. The van der Waals surface area contributed by atoms with E-state index in [9.17, 15) is 4.39 Å². The van der Waals surface area contributed by atoms with Gasteiger partial charge in [-0.15, -0.1) is 0 Å². The molecule has 1 unspecified atom stereocenters. The van der Waals surface area contributed by atoms with Crippen LogP contribution in [0.1, 0.15) is 31.2 Å². The van der Waals surface area contributed by atoms with E-state index in [-0.39, 0.29) is 5.82 Å². The molecule has 1 rings (SSSR count). The van der Waals surface area contributed by atoms with Crippen LogP contribution in [0.15, 0.2) is 24.3 Å². The zero-order valence-corrected chi connectivity index (χ0v) is 12.5. The van der Waals surface area contributed by atoms with Crippen LogP contribution < -0.4 is 5.32 Å². The Kier molecular flexibility index (Phi) is 9.20. The van der Waals surface area contributed by atoms with Crippen LogP contribution in [0.2, 0.25) is 0 Å². The quantitative estimate of drug-likeness (QED) is 0.633. The third-order valence-corrected chi connectivity index (χ3v) is 3.26. The third-order valence-electron chi connectivity index (χ3n) is 3.26. The molecule has 0 amide bonds. The highest BCUT2D eigenvalue weighted by molar-refractivity contribution is 5.20. The molecule has 0 aliphatic carbocycles. The monoisotopic (exact) mass is 283 g/mol. The molecular weight excluding hydrogens is 257 g/mol. The Morgan fingerprint density at radius 1 is 1.20 bits per heavy atom. The molecule has 0 bridgehead atoms. The summed E-state index contributed by atoms with van der Waals surface area (Å²) < 4.78 is 23.4. The average Bonchev–Trinajstić information content (AvgIpc) is 2.47. The lowest BCUT2D eigenvalue weighted by Crippen LogP contribution is -2.25. The van der Waals surface area contributed by atoms with E-state index in [0.717, 1.165) is 39.1 Å². The minimum absolute atomic E-state index is 0.186. The van der Waals surface area contributed by atoms with Crippen molar-refractivity contribution in [1.82, 2.24) is 5.32 Å². The van der Waals surface area contributed by atoms with E-state index in [2.05, 4.69) is 5.32 Å². The molecule has 0 aliphatic rings. The van der Waals surface area contributed by atoms with Gasteiger partial charge in [0.2, 0.25) is 0 Å². The van der Waals surface area contributed by atoms with E-state index < -0.39 is 0 Å². The fraction of sp³-hybridized carbons (Fsp3) is 0.625. The van der Waals surface area contributed by atoms with E-state index in [1.54, 1.807) is 7.11 Å². The highest BCUT2D eigenvalue weighted by atomic mass is 19.1. The number of rotatable bonds is 11. The first-order valence-corrected chi connectivity index (χ1v) is 7.30. The summed E-state index contributed by atoms with van der Waals surface area (Å²) in [7, 11) is 1.70. The van der Waals surface area contributed by atoms with Gasteiger partial charge in [-0.3, -0.25) is 0 Å². The molecule has 0 spiro atoms. The van der Waals surface area contributed by atoms with Gasteiger partial charge in [-0.05, 0) is 43.4 Å². The Balaban J connectivity index is 2.47. The van der Waals surface area contributed by atoms with Crippen molar-refractivity contribution in [3.05, 3.63) is 35.6 Å². The Bertz CT molecular complexity index is 331. The molecule has 0 aliphatic heterocycles. The molecule has 0 saturated heterocycles. The van der Waals surface area contributed by atoms with Crippen molar-refractivity contribution in [2.75, 3.05) is 40.0 Å². The average molecular weight is 283 g/mol. The molecule has 1 N–H and O–H groups in total. The molecule has 0 radical (unpaired) electrons. The van der Waals surface area contributed by atoms with Crippen LogP contribution in [0, 0.1) is 5.82 Å². The van der Waals surface area contributed by atoms with Gasteiger partial charge in [-0.25, -0.2) is 4.39 Å². The maximum absolute atomic E-state index is 13.0. The van der Waals surface area contributed by atoms with E-state index in [4.69, 9.17) is 9.47 Å². The zero-order chi connectivity index (χ0) is 14.6. The van der Waals surface area contributed by atoms with Gasteiger partial charge in [-0.2, -0.15) is 0 Å².